The summed E-state index contributed by atoms with van der Waals surface area (Å²) in [4.78, 5) is 28.8. The standard InChI is InChI=1S/C26H30N6O3S/c1-35-23-5-3-17-24(31-23)19(6-9-27-17)32-10-7-26(8-11-32)12-18(20(33)13-26)28-14-16-2-4-21-25(29-16)30-22(34)15-36-21/h2-6,9,18,20,28,33H,7-8,10-15H2,1H3,(H,29,30,34)/t18-,20+/m0/s1. The Bertz CT molecular complexity index is 1300. The Morgan fingerprint density at radius 3 is 2.89 bits per heavy atom. The Hall–Kier alpha value is -2.95. The van der Waals surface area contributed by atoms with Crippen LogP contribution in [0.4, 0.5) is 11.5 Å². The maximum Gasteiger partial charge on any atom is 0.235 e. The highest BCUT2D eigenvalue weighted by molar-refractivity contribution is 8.00. The van der Waals surface area contributed by atoms with Gasteiger partial charge in [0.15, 0.2) is 0 Å². The first-order valence-corrected chi connectivity index (χ1v) is 13.4. The third-order valence-corrected chi connectivity index (χ3v) is 8.80. The summed E-state index contributed by atoms with van der Waals surface area (Å²) in [5.41, 5.74) is 3.82. The number of aliphatic hydroxyl groups is 1. The molecule has 1 saturated heterocycles. The molecule has 0 aromatic carbocycles. The van der Waals surface area contributed by atoms with Crippen LogP contribution in [0.5, 0.6) is 5.88 Å². The fourth-order valence-corrected chi connectivity index (χ4v) is 6.57. The summed E-state index contributed by atoms with van der Waals surface area (Å²) in [6, 6.07) is 9.86. The van der Waals surface area contributed by atoms with Crippen molar-refractivity contribution in [2.75, 3.05) is 36.2 Å². The molecule has 188 valence electrons. The number of carbonyl (C=O) groups excluding carboxylic acids is 1. The predicted octanol–water partition coefficient (Wildman–Crippen LogP) is 2.98. The van der Waals surface area contributed by atoms with Gasteiger partial charge in [-0.15, -0.1) is 11.8 Å². The number of aromatic nitrogens is 3. The van der Waals surface area contributed by atoms with Gasteiger partial charge in [0.25, 0.3) is 0 Å². The number of hydrogen-bond donors (Lipinski definition) is 3. The fraction of sp³-hybridized carbons (Fsp3) is 0.462. The summed E-state index contributed by atoms with van der Waals surface area (Å²) in [6.45, 7) is 2.40. The third kappa shape index (κ3) is 4.49. The van der Waals surface area contributed by atoms with E-state index in [4.69, 9.17) is 4.74 Å². The van der Waals surface area contributed by atoms with E-state index in [1.54, 1.807) is 7.11 Å². The summed E-state index contributed by atoms with van der Waals surface area (Å²) < 4.78 is 5.34. The van der Waals surface area contributed by atoms with Crippen molar-refractivity contribution in [3.63, 3.8) is 0 Å². The van der Waals surface area contributed by atoms with E-state index in [1.165, 1.54) is 11.8 Å². The van der Waals surface area contributed by atoms with Gasteiger partial charge in [0, 0.05) is 37.9 Å². The molecule has 1 aliphatic carbocycles. The molecule has 10 heteroatoms. The van der Waals surface area contributed by atoms with Crippen LogP contribution in [0.25, 0.3) is 11.0 Å². The Balaban J connectivity index is 1.10. The molecular formula is C26H30N6O3S. The number of thioether (sulfide) groups is 1. The normalized spacial score (nSPS) is 23.1. The van der Waals surface area contributed by atoms with Gasteiger partial charge in [-0.3, -0.25) is 9.78 Å². The molecule has 6 rings (SSSR count). The summed E-state index contributed by atoms with van der Waals surface area (Å²) in [7, 11) is 1.63. The van der Waals surface area contributed by atoms with E-state index in [0.717, 1.165) is 66.1 Å². The van der Waals surface area contributed by atoms with Gasteiger partial charge in [-0.1, -0.05) is 0 Å². The highest BCUT2D eigenvalue weighted by Gasteiger charge is 2.46. The largest absolute Gasteiger partial charge is 0.481 e. The van der Waals surface area contributed by atoms with Crippen molar-refractivity contribution in [1.29, 1.82) is 0 Å². The highest BCUT2D eigenvalue weighted by atomic mass is 32.2. The number of amides is 1. The molecule has 2 atom stereocenters. The number of piperidine rings is 1. The number of aliphatic hydroxyl groups excluding tert-OH is 1. The lowest BCUT2D eigenvalue weighted by Crippen LogP contribution is -2.40. The lowest BCUT2D eigenvalue weighted by Gasteiger charge is -2.40. The molecule has 3 aromatic rings. The molecule has 36 heavy (non-hydrogen) atoms. The van der Waals surface area contributed by atoms with Gasteiger partial charge < -0.3 is 25.4 Å². The van der Waals surface area contributed by atoms with E-state index in [2.05, 4.69) is 30.5 Å². The fourth-order valence-electron chi connectivity index (χ4n) is 5.81. The molecule has 5 heterocycles. The first-order valence-electron chi connectivity index (χ1n) is 12.4. The van der Waals surface area contributed by atoms with Crippen molar-refractivity contribution in [2.24, 2.45) is 5.41 Å². The second-order valence-corrected chi connectivity index (χ2v) is 11.0. The average molecular weight is 507 g/mol. The zero-order chi connectivity index (χ0) is 24.7. The van der Waals surface area contributed by atoms with Gasteiger partial charge in [0.2, 0.25) is 11.8 Å². The number of pyridine rings is 3. The first-order chi connectivity index (χ1) is 17.5. The molecule has 3 N–H and O–H groups in total. The number of methoxy groups -OCH3 is 1. The van der Waals surface area contributed by atoms with E-state index in [9.17, 15) is 9.90 Å². The minimum Gasteiger partial charge on any atom is -0.481 e. The van der Waals surface area contributed by atoms with Gasteiger partial charge in [0.1, 0.15) is 11.3 Å². The average Bonchev–Trinajstić information content (AvgIpc) is 3.21. The van der Waals surface area contributed by atoms with Crippen molar-refractivity contribution >= 4 is 40.2 Å². The van der Waals surface area contributed by atoms with Crippen molar-refractivity contribution in [3.05, 3.63) is 42.2 Å². The molecule has 9 nitrogen and oxygen atoms in total. The SMILES string of the molecule is COc1ccc2nccc(N3CCC4(CC3)C[C@@H](O)[C@@H](NCc3ccc5c(n3)NC(=O)CS5)C4)c2n1. The van der Waals surface area contributed by atoms with Crippen molar-refractivity contribution in [3.8, 4) is 5.88 Å². The number of nitrogens with zero attached hydrogens (tertiary/aromatic N) is 4. The van der Waals surface area contributed by atoms with E-state index in [0.29, 0.717) is 24.0 Å². The first kappa shape index (κ1) is 23.4. The predicted molar refractivity (Wildman–Crippen MR) is 139 cm³/mol. The topological polar surface area (TPSA) is 113 Å². The van der Waals surface area contributed by atoms with E-state index < -0.39 is 0 Å². The van der Waals surface area contributed by atoms with Crippen LogP contribution >= 0.6 is 11.8 Å². The number of anilines is 2. The number of ether oxygens (including phenoxy) is 1. The minimum atomic E-state index is -0.378. The van der Waals surface area contributed by atoms with Gasteiger partial charge in [-0.05, 0) is 55.4 Å². The summed E-state index contributed by atoms with van der Waals surface area (Å²) >= 11 is 1.51. The van der Waals surface area contributed by atoms with Crippen LogP contribution in [0.3, 0.4) is 0 Å². The molecule has 1 spiro atoms. The second kappa shape index (κ2) is 9.49. The summed E-state index contributed by atoms with van der Waals surface area (Å²) in [5, 5.41) is 17.3. The molecule has 0 bridgehead atoms. The van der Waals surface area contributed by atoms with E-state index in [1.807, 2.05) is 36.5 Å². The third-order valence-electron chi connectivity index (χ3n) is 7.75. The van der Waals surface area contributed by atoms with Gasteiger partial charge in [-0.25, -0.2) is 9.97 Å². The molecule has 1 amide bonds. The molecule has 0 unspecified atom stereocenters. The zero-order valence-corrected chi connectivity index (χ0v) is 21.1. The van der Waals surface area contributed by atoms with Crippen LogP contribution in [0, 0.1) is 5.41 Å². The Morgan fingerprint density at radius 2 is 2.06 bits per heavy atom. The molecule has 2 aliphatic heterocycles. The molecule has 0 radical (unpaired) electrons. The highest BCUT2D eigenvalue weighted by Crippen LogP contribution is 2.47. The van der Waals surface area contributed by atoms with Crippen LogP contribution < -0.4 is 20.3 Å². The monoisotopic (exact) mass is 506 g/mol. The number of nitrogens with one attached hydrogen (secondary N) is 2. The lowest BCUT2D eigenvalue weighted by molar-refractivity contribution is -0.113. The van der Waals surface area contributed by atoms with E-state index in [-0.39, 0.29) is 23.5 Å². The Morgan fingerprint density at radius 1 is 1.19 bits per heavy atom. The quantitative estimate of drug-likeness (QED) is 0.481. The Kier molecular flexibility index (Phi) is 6.18. The second-order valence-electron chi connectivity index (χ2n) is 9.99. The Labute approximate surface area is 214 Å². The number of carbonyl (C=O) groups is 1. The molecule has 2 fully saturated rings. The maximum absolute atomic E-state index is 11.7. The maximum atomic E-state index is 11.7. The van der Waals surface area contributed by atoms with Crippen molar-refractivity contribution in [2.45, 2.75) is 49.3 Å². The van der Waals surface area contributed by atoms with Crippen molar-refractivity contribution in [1.82, 2.24) is 20.3 Å². The molecule has 3 aliphatic rings. The van der Waals surface area contributed by atoms with Crippen LogP contribution in [-0.2, 0) is 11.3 Å². The van der Waals surface area contributed by atoms with Crippen LogP contribution in [0.2, 0.25) is 0 Å². The van der Waals surface area contributed by atoms with E-state index >= 15 is 0 Å². The molecule has 1 saturated carbocycles. The number of hydrogen-bond acceptors (Lipinski definition) is 9. The smallest absolute Gasteiger partial charge is 0.235 e. The number of rotatable bonds is 5. The minimum absolute atomic E-state index is 0.0145. The van der Waals surface area contributed by atoms with Gasteiger partial charge >= 0.3 is 0 Å². The van der Waals surface area contributed by atoms with Gasteiger partial charge in [-0.2, -0.15) is 0 Å². The molecule has 3 aromatic heterocycles. The van der Waals surface area contributed by atoms with Crippen LogP contribution in [0.15, 0.2) is 41.4 Å². The van der Waals surface area contributed by atoms with Crippen LogP contribution in [0.1, 0.15) is 31.4 Å². The summed E-state index contributed by atoms with van der Waals surface area (Å²) in [5.74, 6) is 1.65. The summed E-state index contributed by atoms with van der Waals surface area (Å²) in [6.07, 6.45) is 5.27. The zero-order valence-electron chi connectivity index (χ0n) is 20.2. The lowest BCUT2D eigenvalue weighted by atomic mass is 9.76. The molecular weight excluding hydrogens is 476 g/mol. The van der Waals surface area contributed by atoms with Crippen molar-refractivity contribution < 1.29 is 14.6 Å². The number of fused-ring (bicyclic) bond motifs is 2. The van der Waals surface area contributed by atoms with Crippen LogP contribution in [-0.4, -0.2) is 64.1 Å². The van der Waals surface area contributed by atoms with Gasteiger partial charge in [0.05, 0.1) is 40.8 Å².